The van der Waals surface area contributed by atoms with Gasteiger partial charge in [-0.15, -0.1) is 0 Å². The molecule has 2 rings (SSSR count). The van der Waals surface area contributed by atoms with Crippen molar-refractivity contribution in [2.24, 2.45) is 0 Å². The molecule has 100 valence electrons. The van der Waals surface area contributed by atoms with Crippen molar-refractivity contribution in [3.05, 3.63) is 33.9 Å². The average molecular weight is 261 g/mol. The lowest BCUT2D eigenvalue weighted by Gasteiger charge is -2.09. The Morgan fingerprint density at radius 2 is 2.21 bits per heavy atom. The molecular weight excluding hydrogens is 246 g/mol. The molecule has 1 aromatic heterocycles. The van der Waals surface area contributed by atoms with Gasteiger partial charge in [0.1, 0.15) is 17.1 Å². The van der Waals surface area contributed by atoms with Crippen molar-refractivity contribution < 1.29 is 9.66 Å². The standard InChI is InChI=1S/C13H15N3O3/c1-3-4-8-7-9-10(16(17)18)5-6-11(19-2)12(9)15-13(8)14/h5-7H,3-4H2,1-2H3,(H2,14,15). The molecule has 0 unspecified atom stereocenters. The van der Waals surface area contributed by atoms with E-state index in [9.17, 15) is 10.1 Å². The van der Waals surface area contributed by atoms with Gasteiger partial charge in [0.25, 0.3) is 5.69 Å². The second kappa shape index (κ2) is 5.09. The molecule has 0 fully saturated rings. The molecule has 1 heterocycles. The van der Waals surface area contributed by atoms with Crippen molar-refractivity contribution in [2.45, 2.75) is 19.8 Å². The summed E-state index contributed by atoms with van der Waals surface area (Å²) in [7, 11) is 1.50. The molecule has 0 amide bonds. The van der Waals surface area contributed by atoms with Gasteiger partial charge in [0.15, 0.2) is 0 Å². The quantitative estimate of drug-likeness (QED) is 0.674. The van der Waals surface area contributed by atoms with E-state index in [1.807, 2.05) is 6.92 Å². The third kappa shape index (κ3) is 2.29. The number of hydrogen-bond donors (Lipinski definition) is 1. The number of nitrogen functional groups attached to an aromatic ring is 1. The summed E-state index contributed by atoms with van der Waals surface area (Å²) in [5.74, 6) is 0.878. The average Bonchev–Trinajstić information content (AvgIpc) is 2.38. The first-order valence-corrected chi connectivity index (χ1v) is 5.99. The molecule has 0 aliphatic carbocycles. The van der Waals surface area contributed by atoms with Gasteiger partial charge in [0, 0.05) is 6.07 Å². The Hall–Kier alpha value is -2.37. The van der Waals surface area contributed by atoms with Gasteiger partial charge >= 0.3 is 0 Å². The van der Waals surface area contributed by atoms with E-state index in [2.05, 4.69) is 4.98 Å². The van der Waals surface area contributed by atoms with Crippen molar-refractivity contribution in [2.75, 3.05) is 12.8 Å². The monoisotopic (exact) mass is 261 g/mol. The van der Waals surface area contributed by atoms with Crippen LogP contribution in [0.2, 0.25) is 0 Å². The molecule has 6 heteroatoms. The predicted octanol–water partition coefficient (Wildman–Crippen LogP) is 2.69. The summed E-state index contributed by atoms with van der Waals surface area (Å²) < 4.78 is 5.18. The fraction of sp³-hybridized carbons (Fsp3) is 0.308. The summed E-state index contributed by atoms with van der Waals surface area (Å²) in [5, 5.41) is 11.5. The van der Waals surface area contributed by atoms with Crippen molar-refractivity contribution in [3.8, 4) is 5.75 Å². The Morgan fingerprint density at radius 3 is 2.79 bits per heavy atom. The van der Waals surface area contributed by atoms with Crippen LogP contribution in [-0.2, 0) is 6.42 Å². The number of nitrogens with zero attached hydrogens (tertiary/aromatic N) is 2. The zero-order valence-electron chi connectivity index (χ0n) is 10.8. The molecule has 2 aromatic rings. The highest BCUT2D eigenvalue weighted by molar-refractivity contribution is 5.94. The van der Waals surface area contributed by atoms with Gasteiger partial charge in [-0.1, -0.05) is 13.3 Å². The maximum atomic E-state index is 11.1. The molecule has 0 atom stereocenters. The molecule has 0 saturated heterocycles. The van der Waals surface area contributed by atoms with Crippen LogP contribution in [0.1, 0.15) is 18.9 Å². The van der Waals surface area contributed by atoms with Crippen LogP contribution in [-0.4, -0.2) is 17.0 Å². The lowest BCUT2D eigenvalue weighted by molar-refractivity contribution is -0.383. The summed E-state index contributed by atoms with van der Waals surface area (Å²) >= 11 is 0. The van der Waals surface area contributed by atoms with Gasteiger partial charge < -0.3 is 10.5 Å². The van der Waals surface area contributed by atoms with E-state index in [4.69, 9.17) is 10.5 Å². The Morgan fingerprint density at radius 1 is 1.47 bits per heavy atom. The molecule has 0 saturated carbocycles. The number of non-ortho nitro benzene ring substituents is 1. The van der Waals surface area contributed by atoms with E-state index in [1.165, 1.54) is 19.2 Å². The number of rotatable bonds is 4. The third-order valence-corrected chi connectivity index (χ3v) is 2.97. The summed E-state index contributed by atoms with van der Waals surface area (Å²) in [5.41, 5.74) is 7.15. The van der Waals surface area contributed by atoms with Crippen molar-refractivity contribution in [3.63, 3.8) is 0 Å². The van der Waals surface area contributed by atoms with Crippen molar-refractivity contribution in [1.82, 2.24) is 4.98 Å². The number of anilines is 1. The summed E-state index contributed by atoms with van der Waals surface area (Å²) in [6.07, 6.45) is 1.64. The molecule has 2 N–H and O–H groups in total. The molecule has 0 radical (unpaired) electrons. The largest absolute Gasteiger partial charge is 0.494 e. The van der Waals surface area contributed by atoms with Gasteiger partial charge in [-0.25, -0.2) is 4.98 Å². The fourth-order valence-electron chi connectivity index (χ4n) is 2.07. The first kappa shape index (κ1) is 13.1. The Kier molecular flexibility index (Phi) is 3.50. The van der Waals surface area contributed by atoms with Crippen LogP contribution in [0, 0.1) is 10.1 Å². The Bertz CT molecular complexity index is 641. The summed E-state index contributed by atoms with van der Waals surface area (Å²) in [6, 6.07) is 4.70. The van der Waals surface area contributed by atoms with Gasteiger partial charge in [0.05, 0.1) is 17.4 Å². The van der Waals surface area contributed by atoms with Crippen molar-refractivity contribution >= 4 is 22.4 Å². The van der Waals surface area contributed by atoms with E-state index in [-0.39, 0.29) is 5.69 Å². The first-order chi connectivity index (χ1) is 9.08. The SMILES string of the molecule is CCCc1cc2c([N+](=O)[O-])ccc(OC)c2nc1N. The number of aromatic nitrogens is 1. The van der Waals surface area contributed by atoms with E-state index in [0.717, 1.165) is 18.4 Å². The van der Waals surface area contributed by atoms with E-state index in [0.29, 0.717) is 22.5 Å². The smallest absolute Gasteiger partial charge is 0.279 e. The second-order valence-corrected chi connectivity index (χ2v) is 4.22. The minimum absolute atomic E-state index is 0.0145. The van der Waals surface area contributed by atoms with Crippen LogP contribution in [0.25, 0.3) is 10.9 Å². The van der Waals surface area contributed by atoms with E-state index in [1.54, 1.807) is 6.07 Å². The highest BCUT2D eigenvalue weighted by Crippen LogP contribution is 2.33. The van der Waals surface area contributed by atoms with Gasteiger partial charge in [-0.3, -0.25) is 10.1 Å². The van der Waals surface area contributed by atoms with Gasteiger partial charge in [-0.2, -0.15) is 0 Å². The third-order valence-electron chi connectivity index (χ3n) is 2.97. The van der Waals surface area contributed by atoms with Gasteiger partial charge in [-0.05, 0) is 24.1 Å². The maximum Gasteiger partial charge on any atom is 0.279 e. The molecule has 19 heavy (non-hydrogen) atoms. The zero-order chi connectivity index (χ0) is 14.0. The Labute approximate surface area is 110 Å². The molecule has 1 aromatic carbocycles. The normalized spacial score (nSPS) is 10.6. The number of benzene rings is 1. The maximum absolute atomic E-state index is 11.1. The van der Waals surface area contributed by atoms with Crippen LogP contribution in [0.5, 0.6) is 5.75 Å². The lowest BCUT2D eigenvalue weighted by atomic mass is 10.1. The molecule has 6 nitrogen and oxygen atoms in total. The zero-order valence-corrected chi connectivity index (χ0v) is 10.8. The number of aryl methyl sites for hydroxylation is 1. The van der Waals surface area contributed by atoms with Gasteiger partial charge in [0.2, 0.25) is 0 Å². The number of fused-ring (bicyclic) bond motifs is 1. The highest BCUT2D eigenvalue weighted by Gasteiger charge is 2.18. The molecule has 0 aliphatic rings. The molecular formula is C13H15N3O3. The Balaban J connectivity index is 2.79. The number of nitro benzene ring substituents is 1. The van der Waals surface area contributed by atoms with E-state index < -0.39 is 4.92 Å². The van der Waals surface area contributed by atoms with Crippen LogP contribution in [0.15, 0.2) is 18.2 Å². The minimum Gasteiger partial charge on any atom is -0.494 e. The number of nitro groups is 1. The predicted molar refractivity (Wildman–Crippen MR) is 73.4 cm³/mol. The summed E-state index contributed by atoms with van der Waals surface area (Å²) in [6.45, 7) is 2.02. The van der Waals surface area contributed by atoms with Crippen molar-refractivity contribution in [1.29, 1.82) is 0 Å². The number of methoxy groups -OCH3 is 1. The topological polar surface area (TPSA) is 91.3 Å². The molecule has 0 aliphatic heterocycles. The first-order valence-electron chi connectivity index (χ1n) is 5.99. The number of pyridine rings is 1. The molecule has 0 spiro atoms. The van der Waals surface area contributed by atoms with Crippen LogP contribution >= 0.6 is 0 Å². The van der Waals surface area contributed by atoms with E-state index >= 15 is 0 Å². The summed E-state index contributed by atoms with van der Waals surface area (Å²) in [4.78, 5) is 14.9. The number of hydrogen-bond acceptors (Lipinski definition) is 5. The highest BCUT2D eigenvalue weighted by atomic mass is 16.6. The molecule has 0 bridgehead atoms. The van der Waals surface area contributed by atoms with Crippen LogP contribution < -0.4 is 10.5 Å². The lowest BCUT2D eigenvalue weighted by Crippen LogP contribution is -2.01. The number of ether oxygens (including phenoxy) is 1. The second-order valence-electron chi connectivity index (χ2n) is 4.22. The minimum atomic E-state index is -0.421. The number of nitrogens with two attached hydrogens (primary N) is 1. The van der Waals surface area contributed by atoms with Crippen LogP contribution in [0.4, 0.5) is 11.5 Å². The fourth-order valence-corrected chi connectivity index (χ4v) is 2.07. The van der Waals surface area contributed by atoms with Crippen LogP contribution in [0.3, 0.4) is 0 Å².